The molecule has 0 aliphatic heterocycles. The Morgan fingerprint density at radius 3 is 1.85 bits per heavy atom. The molecule has 0 aliphatic carbocycles. The summed E-state index contributed by atoms with van der Waals surface area (Å²) in [5.74, 6) is 0.330. The van der Waals surface area contributed by atoms with E-state index in [4.69, 9.17) is 4.74 Å². The monoisotopic (exact) mass is 374 g/mol. The SMILES string of the molecule is C.COC(=O)OCOC(=O)Oc1ccc(C(C)(C)c2ccc(C)cc2)cc1. The van der Waals surface area contributed by atoms with Gasteiger partial charge in [0.2, 0.25) is 6.79 Å². The van der Waals surface area contributed by atoms with Gasteiger partial charge in [-0.15, -0.1) is 0 Å². The lowest BCUT2D eigenvalue weighted by Crippen LogP contribution is -2.19. The third kappa shape index (κ3) is 6.02. The first-order valence-corrected chi connectivity index (χ1v) is 8.06. The van der Waals surface area contributed by atoms with Crippen LogP contribution in [0, 0.1) is 6.92 Å². The lowest BCUT2D eigenvalue weighted by atomic mass is 9.78. The van der Waals surface area contributed by atoms with Crippen LogP contribution >= 0.6 is 0 Å². The topological polar surface area (TPSA) is 71.1 Å². The van der Waals surface area contributed by atoms with E-state index in [1.54, 1.807) is 12.1 Å². The number of aryl methyl sites for hydroxylation is 1. The molecule has 0 radical (unpaired) electrons. The molecule has 2 rings (SSSR count). The van der Waals surface area contributed by atoms with Crippen LogP contribution in [0.15, 0.2) is 48.5 Å². The van der Waals surface area contributed by atoms with Crippen LogP contribution in [0.4, 0.5) is 9.59 Å². The number of carbonyl (C=O) groups is 2. The predicted molar refractivity (Wildman–Crippen MR) is 102 cm³/mol. The summed E-state index contributed by atoms with van der Waals surface area (Å²) in [6, 6.07) is 15.6. The fourth-order valence-corrected chi connectivity index (χ4v) is 2.39. The van der Waals surface area contributed by atoms with Gasteiger partial charge in [0.15, 0.2) is 0 Å². The summed E-state index contributed by atoms with van der Waals surface area (Å²) >= 11 is 0. The molecule has 0 fully saturated rings. The number of methoxy groups -OCH3 is 1. The van der Waals surface area contributed by atoms with E-state index in [1.807, 2.05) is 12.1 Å². The molecule has 27 heavy (non-hydrogen) atoms. The van der Waals surface area contributed by atoms with E-state index in [0.717, 1.165) is 12.7 Å². The molecule has 2 aromatic rings. The maximum Gasteiger partial charge on any atom is 0.516 e. The minimum Gasteiger partial charge on any atom is -0.438 e. The molecule has 0 heterocycles. The second-order valence-electron chi connectivity index (χ2n) is 6.23. The van der Waals surface area contributed by atoms with Gasteiger partial charge in [0.25, 0.3) is 0 Å². The van der Waals surface area contributed by atoms with E-state index < -0.39 is 19.1 Å². The Hall–Kier alpha value is -3.02. The minimum absolute atomic E-state index is 0. The van der Waals surface area contributed by atoms with Crippen molar-refractivity contribution in [3.63, 3.8) is 0 Å². The van der Waals surface area contributed by atoms with Crippen molar-refractivity contribution in [3.8, 4) is 5.75 Å². The van der Waals surface area contributed by atoms with Crippen molar-refractivity contribution >= 4 is 12.3 Å². The van der Waals surface area contributed by atoms with Crippen molar-refractivity contribution < 1.29 is 28.5 Å². The van der Waals surface area contributed by atoms with Gasteiger partial charge < -0.3 is 18.9 Å². The Labute approximate surface area is 160 Å². The molecule has 0 bridgehead atoms. The molecule has 0 aromatic heterocycles. The van der Waals surface area contributed by atoms with Crippen LogP contribution in [0.3, 0.4) is 0 Å². The fraction of sp³-hybridized carbons (Fsp3) is 0.333. The molecular weight excluding hydrogens is 348 g/mol. The van der Waals surface area contributed by atoms with Crippen LogP contribution in [0.1, 0.15) is 38.0 Å². The van der Waals surface area contributed by atoms with Crippen molar-refractivity contribution in [1.29, 1.82) is 0 Å². The number of rotatable bonds is 5. The van der Waals surface area contributed by atoms with E-state index in [0.29, 0.717) is 5.75 Å². The Bertz CT molecular complexity index is 747. The Kier molecular flexibility index (Phi) is 7.84. The first-order valence-electron chi connectivity index (χ1n) is 8.06. The van der Waals surface area contributed by atoms with E-state index in [-0.39, 0.29) is 12.8 Å². The standard InChI is InChI=1S/C20H22O6.CH4/c1-14-5-7-15(8-6-14)20(2,3)16-9-11-17(12-10-16)26-19(22)25-13-24-18(21)23-4;/h5-12H,13H2,1-4H3;1H4. The van der Waals surface area contributed by atoms with Gasteiger partial charge >= 0.3 is 12.3 Å². The van der Waals surface area contributed by atoms with Crippen LogP contribution in [-0.2, 0) is 19.6 Å². The summed E-state index contributed by atoms with van der Waals surface area (Å²) in [4.78, 5) is 22.3. The van der Waals surface area contributed by atoms with Gasteiger partial charge in [-0.2, -0.15) is 0 Å². The lowest BCUT2D eigenvalue weighted by molar-refractivity contribution is -0.0201. The normalized spacial score (nSPS) is 10.4. The number of benzene rings is 2. The summed E-state index contributed by atoms with van der Waals surface area (Å²) in [7, 11) is 1.15. The quantitative estimate of drug-likeness (QED) is 0.406. The van der Waals surface area contributed by atoms with Crippen LogP contribution in [0.2, 0.25) is 0 Å². The van der Waals surface area contributed by atoms with Crippen molar-refractivity contribution in [2.75, 3.05) is 13.9 Å². The zero-order chi connectivity index (χ0) is 19.2. The summed E-state index contributed by atoms with van der Waals surface area (Å²) < 4.78 is 18.3. The van der Waals surface area contributed by atoms with Crippen LogP contribution in [-0.4, -0.2) is 26.2 Å². The highest BCUT2D eigenvalue weighted by Gasteiger charge is 2.23. The highest BCUT2D eigenvalue weighted by molar-refractivity contribution is 5.64. The predicted octanol–water partition coefficient (Wildman–Crippen LogP) is 5.21. The van der Waals surface area contributed by atoms with Crippen LogP contribution in [0.25, 0.3) is 0 Å². The molecular formula is C21H26O6. The highest BCUT2D eigenvalue weighted by atomic mass is 16.8. The first-order chi connectivity index (χ1) is 12.3. The van der Waals surface area contributed by atoms with Gasteiger partial charge in [-0.3, -0.25) is 0 Å². The number of ether oxygens (including phenoxy) is 4. The van der Waals surface area contributed by atoms with Gasteiger partial charge in [0.05, 0.1) is 7.11 Å². The van der Waals surface area contributed by atoms with Crippen LogP contribution < -0.4 is 4.74 Å². The molecule has 0 atom stereocenters. The van der Waals surface area contributed by atoms with Crippen molar-refractivity contribution in [1.82, 2.24) is 0 Å². The maximum atomic E-state index is 11.5. The molecule has 0 unspecified atom stereocenters. The van der Waals surface area contributed by atoms with E-state index >= 15 is 0 Å². The zero-order valence-corrected chi connectivity index (χ0v) is 15.3. The number of carbonyl (C=O) groups excluding carboxylic acids is 2. The van der Waals surface area contributed by atoms with Crippen molar-refractivity contribution in [3.05, 3.63) is 65.2 Å². The largest absolute Gasteiger partial charge is 0.516 e. The van der Waals surface area contributed by atoms with Gasteiger partial charge in [-0.1, -0.05) is 63.2 Å². The molecule has 0 amide bonds. The smallest absolute Gasteiger partial charge is 0.438 e. The third-order valence-electron chi connectivity index (χ3n) is 4.07. The van der Waals surface area contributed by atoms with Crippen molar-refractivity contribution in [2.24, 2.45) is 0 Å². The molecule has 146 valence electrons. The molecule has 2 aromatic carbocycles. The molecule has 0 N–H and O–H groups in total. The summed E-state index contributed by atoms with van der Waals surface area (Å²) in [6.45, 7) is 5.74. The van der Waals surface area contributed by atoms with Gasteiger partial charge in [0.1, 0.15) is 5.75 Å². The van der Waals surface area contributed by atoms with Gasteiger partial charge in [0, 0.05) is 5.41 Å². The molecule has 0 spiro atoms. The average molecular weight is 374 g/mol. The summed E-state index contributed by atoms with van der Waals surface area (Å²) in [6.07, 6.45) is -1.92. The summed E-state index contributed by atoms with van der Waals surface area (Å²) in [5, 5.41) is 0. The highest BCUT2D eigenvalue weighted by Crippen LogP contribution is 2.32. The lowest BCUT2D eigenvalue weighted by Gasteiger charge is -2.26. The number of hydrogen-bond donors (Lipinski definition) is 0. The molecule has 0 saturated heterocycles. The molecule has 6 heteroatoms. The van der Waals surface area contributed by atoms with Crippen molar-refractivity contribution in [2.45, 2.75) is 33.6 Å². The number of hydrogen-bond acceptors (Lipinski definition) is 6. The van der Waals surface area contributed by atoms with E-state index in [1.165, 1.54) is 11.1 Å². The van der Waals surface area contributed by atoms with Gasteiger partial charge in [-0.05, 0) is 30.2 Å². The van der Waals surface area contributed by atoms with E-state index in [2.05, 4.69) is 59.2 Å². The fourth-order valence-electron chi connectivity index (χ4n) is 2.39. The maximum absolute atomic E-state index is 11.5. The Balaban J connectivity index is 0.00000364. The summed E-state index contributed by atoms with van der Waals surface area (Å²) in [5.41, 5.74) is 3.29. The third-order valence-corrected chi connectivity index (χ3v) is 4.07. The second kappa shape index (κ2) is 9.62. The molecule has 6 nitrogen and oxygen atoms in total. The zero-order valence-electron chi connectivity index (χ0n) is 15.3. The Morgan fingerprint density at radius 2 is 1.33 bits per heavy atom. The van der Waals surface area contributed by atoms with E-state index in [9.17, 15) is 9.59 Å². The van der Waals surface area contributed by atoms with Crippen LogP contribution in [0.5, 0.6) is 5.75 Å². The van der Waals surface area contributed by atoms with Gasteiger partial charge in [-0.25, -0.2) is 9.59 Å². The first kappa shape index (κ1) is 22.0. The molecule has 0 saturated carbocycles. The Morgan fingerprint density at radius 1 is 0.852 bits per heavy atom. The average Bonchev–Trinajstić information content (AvgIpc) is 2.62. The minimum atomic E-state index is -0.973. The molecule has 0 aliphatic rings. The second-order valence-corrected chi connectivity index (χ2v) is 6.23.